The average Bonchev–Trinajstić information content (AvgIpc) is 2.79. The zero-order valence-electron chi connectivity index (χ0n) is 17.6. The molecule has 3 rings (SSSR count). The van der Waals surface area contributed by atoms with Crippen molar-refractivity contribution in [2.24, 2.45) is 0 Å². The number of amides is 3. The van der Waals surface area contributed by atoms with E-state index in [9.17, 15) is 14.4 Å². The van der Waals surface area contributed by atoms with Crippen LogP contribution >= 0.6 is 0 Å². The van der Waals surface area contributed by atoms with Gasteiger partial charge in [0, 0.05) is 30.4 Å². The van der Waals surface area contributed by atoms with Gasteiger partial charge in [-0.05, 0) is 49.2 Å². The molecule has 164 valence electrons. The Morgan fingerprint density at radius 2 is 1.65 bits per heavy atom. The van der Waals surface area contributed by atoms with Crippen molar-refractivity contribution in [3.8, 4) is 5.75 Å². The number of hydrogen-bond acceptors (Lipinski definition) is 5. The minimum Gasteiger partial charge on any atom is -0.497 e. The second kappa shape index (κ2) is 11.1. The smallest absolute Gasteiger partial charge is 0.251 e. The van der Waals surface area contributed by atoms with Crippen molar-refractivity contribution in [2.75, 3.05) is 38.6 Å². The number of rotatable bonds is 8. The number of ether oxygens (including phenoxy) is 1. The van der Waals surface area contributed by atoms with E-state index < -0.39 is 0 Å². The van der Waals surface area contributed by atoms with Crippen LogP contribution in [0.25, 0.3) is 0 Å². The molecule has 1 fully saturated rings. The molecule has 1 heterocycles. The van der Waals surface area contributed by atoms with Crippen molar-refractivity contribution < 1.29 is 19.1 Å². The second-order valence-electron chi connectivity index (χ2n) is 7.44. The van der Waals surface area contributed by atoms with Gasteiger partial charge in [-0.1, -0.05) is 18.2 Å². The van der Waals surface area contributed by atoms with E-state index >= 15 is 0 Å². The maximum Gasteiger partial charge on any atom is 0.251 e. The molecule has 0 spiro atoms. The van der Waals surface area contributed by atoms with Gasteiger partial charge >= 0.3 is 0 Å². The molecule has 0 radical (unpaired) electrons. The fourth-order valence-electron chi connectivity index (χ4n) is 3.44. The third-order valence-electron chi connectivity index (χ3n) is 5.14. The van der Waals surface area contributed by atoms with Gasteiger partial charge in [0.15, 0.2) is 0 Å². The number of carbonyl (C=O) groups excluding carboxylic acids is 3. The summed E-state index contributed by atoms with van der Waals surface area (Å²) in [4.78, 5) is 38.6. The van der Waals surface area contributed by atoms with Crippen LogP contribution < -0.4 is 20.7 Å². The normalized spacial score (nSPS) is 14.5. The van der Waals surface area contributed by atoms with Gasteiger partial charge in [0.1, 0.15) is 5.75 Å². The number of benzene rings is 2. The van der Waals surface area contributed by atoms with E-state index in [0.717, 1.165) is 31.6 Å². The summed E-state index contributed by atoms with van der Waals surface area (Å²) in [5.74, 6) is 0.0901. The lowest BCUT2D eigenvalue weighted by Crippen LogP contribution is -2.48. The van der Waals surface area contributed by atoms with E-state index in [1.165, 1.54) is 0 Å². The first kappa shape index (κ1) is 22.3. The van der Waals surface area contributed by atoms with Gasteiger partial charge in [-0.15, -0.1) is 0 Å². The molecule has 3 amide bonds. The fourth-order valence-corrected chi connectivity index (χ4v) is 3.44. The van der Waals surface area contributed by atoms with Crippen LogP contribution in [0.4, 0.5) is 5.69 Å². The molecule has 3 N–H and O–H groups in total. The molecular formula is C23H28N4O4. The minimum absolute atomic E-state index is 0.0406. The number of piperidine rings is 1. The van der Waals surface area contributed by atoms with Crippen molar-refractivity contribution >= 4 is 23.4 Å². The van der Waals surface area contributed by atoms with Gasteiger partial charge in [-0.3, -0.25) is 19.3 Å². The first-order chi connectivity index (χ1) is 15.0. The zero-order valence-corrected chi connectivity index (χ0v) is 17.6. The standard InChI is InChI=1S/C23H28N4O4/c1-31-20-9-7-17(8-10-20)23(30)24-15-21(28)25-19-11-13-27(14-12-19)16-22(29)26-18-5-3-2-4-6-18/h2-10,19H,11-16H2,1H3,(H,24,30)(H,25,28)(H,26,29). The van der Waals surface area contributed by atoms with Crippen LogP contribution in [0.1, 0.15) is 23.2 Å². The van der Waals surface area contributed by atoms with Crippen molar-refractivity contribution in [1.29, 1.82) is 0 Å². The maximum absolute atomic E-state index is 12.2. The number of likely N-dealkylation sites (tertiary alicyclic amines) is 1. The predicted molar refractivity (Wildman–Crippen MR) is 118 cm³/mol. The predicted octanol–water partition coefficient (Wildman–Crippen LogP) is 1.64. The number of nitrogens with zero attached hydrogens (tertiary/aromatic N) is 1. The van der Waals surface area contributed by atoms with Crippen LogP contribution in [-0.4, -0.2) is 62.0 Å². The molecule has 1 aliphatic rings. The van der Waals surface area contributed by atoms with Crippen LogP contribution in [0.3, 0.4) is 0 Å². The SMILES string of the molecule is COc1ccc(C(=O)NCC(=O)NC2CCN(CC(=O)Nc3ccccc3)CC2)cc1. The van der Waals surface area contributed by atoms with E-state index in [-0.39, 0.29) is 30.3 Å². The van der Waals surface area contributed by atoms with Crippen molar-refractivity contribution in [3.05, 3.63) is 60.2 Å². The molecule has 0 atom stereocenters. The summed E-state index contributed by atoms with van der Waals surface area (Å²) >= 11 is 0. The highest BCUT2D eigenvalue weighted by Crippen LogP contribution is 2.12. The quantitative estimate of drug-likeness (QED) is 0.598. The van der Waals surface area contributed by atoms with E-state index in [2.05, 4.69) is 20.9 Å². The molecule has 0 saturated carbocycles. The Labute approximate surface area is 182 Å². The lowest BCUT2D eigenvalue weighted by Gasteiger charge is -2.31. The van der Waals surface area contributed by atoms with Crippen LogP contribution in [0.2, 0.25) is 0 Å². The van der Waals surface area contributed by atoms with Gasteiger partial charge in [0.25, 0.3) is 5.91 Å². The molecular weight excluding hydrogens is 396 g/mol. The van der Waals surface area contributed by atoms with E-state index in [4.69, 9.17) is 4.74 Å². The van der Waals surface area contributed by atoms with E-state index in [1.807, 2.05) is 30.3 Å². The largest absolute Gasteiger partial charge is 0.497 e. The van der Waals surface area contributed by atoms with Crippen LogP contribution in [0, 0.1) is 0 Å². The first-order valence-electron chi connectivity index (χ1n) is 10.3. The lowest BCUT2D eigenvalue weighted by atomic mass is 10.0. The Morgan fingerprint density at radius 3 is 2.29 bits per heavy atom. The minimum atomic E-state index is -0.308. The zero-order chi connectivity index (χ0) is 22.1. The van der Waals surface area contributed by atoms with E-state index in [1.54, 1.807) is 31.4 Å². The van der Waals surface area contributed by atoms with Crippen LogP contribution in [0.15, 0.2) is 54.6 Å². The number of carbonyl (C=O) groups is 3. The Balaban J connectivity index is 1.33. The molecule has 2 aromatic rings. The van der Waals surface area contributed by atoms with Gasteiger partial charge in [0.05, 0.1) is 20.2 Å². The average molecular weight is 425 g/mol. The van der Waals surface area contributed by atoms with Gasteiger partial charge < -0.3 is 20.7 Å². The fraction of sp³-hybridized carbons (Fsp3) is 0.348. The summed E-state index contributed by atoms with van der Waals surface area (Å²) in [7, 11) is 1.56. The van der Waals surface area contributed by atoms with Crippen LogP contribution in [0.5, 0.6) is 5.75 Å². The molecule has 1 saturated heterocycles. The Hall–Kier alpha value is -3.39. The summed E-state index contributed by atoms with van der Waals surface area (Å²) < 4.78 is 5.07. The number of anilines is 1. The first-order valence-corrected chi connectivity index (χ1v) is 10.3. The Kier molecular flexibility index (Phi) is 8.00. The highest BCUT2D eigenvalue weighted by Gasteiger charge is 2.22. The molecule has 31 heavy (non-hydrogen) atoms. The Bertz CT molecular complexity index is 878. The number of methoxy groups -OCH3 is 1. The van der Waals surface area contributed by atoms with Gasteiger partial charge in [-0.2, -0.15) is 0 Å². The molecule has 8 nitrogen and oxygen atoms in total. The second-order valence-corrected chi connectivity index (χ2v) is 7.44. The van der Waals surface area contributed by atoms with Crippen molar-refractivity contribution in [1.82, 2.24) is 15.5 Å². The van der Waals surface area contributed by atoms with Crippen molar-refractivity contribution in [3.63, 3.8) is 0 Å². The topological polar surface area (TPSA) is 99.8 Å². The molecule has 0 aliphatic carbocycles. The third-order valence-corrected chi connectivity index (χ3v) is 5.14. The molecule has 1 aliphatic heterocycles. The molecule has 8 heteroatoms. The lowest BCUT2D eigenvalue weighted by molar-refractivity contribution is -0.121. The summed E-state index contributed by atoms with van der Waals surface area (Å²) in [5.41, 5.74) is 1.25. The highest BCUT2D eigenvalue weighted by atomic mass is 16.5. The Morgan fingerprint density at radius 1 is 0.968 bits per heavy atom. The highest BCUT2D eigenvalue weighted by molar-refractivity contribution is 5.96. The van der Waals surface area contributed by atoms with Gasteiger partial charge in [-0.25, -0.2) is 0 Å². The monoisotopic (exact) mass is 424 g/mol. The summed E-state index contributed by atoms with van der Waals surface area (Å²) in [6, 6.07) is 16.1. The summed E-state index contributed by atoms with van der Waals surface area (Å²) in [6.07, 6.45) is 1.52. The summed E-state index contributed by atoms with van der Waals surface area (Å²) in [6.45, 7) is 1.70. The van der Waals surface area contributed by atoms with Crippen LogP contribution in [-0.2, 0) is 9.59 Å². The molecule has 0 bridgehead atoms. The van der Waals surface area contributed by atoms with Crippen molar-refractivity contribution in [2.45, 2.75) is 18.9 Å². The third kappa shape index (κ3) is 7.11. The number of hydrogen-bond donors (Lipinski definition) is 3. The maximum atomic E-state index is 12.2. The molecule has 2 aromatic carbocycles. The molecule has 0 aromatic heterocycles. The number of nitrogens with one attached hydrogen (secondary N) is 3. The van der Waals surface area contributed by atoms with E-state index in [0.29, 0.717) is 17.9 Å². The molecule has 0 unspecified atom stereocenters. The summed E-state index contributed by atoms with van der Waals surface area (Å²) in [5, 5.41) is 8.47. The van der Waals surface area contributed by atoms with Gasteiger partial charge in [0.2, 0.25) is 11.8 Å². The number of para-hydroxylation sites is 1.